The SMILES string of the molecule is N#Cc1nc([N+](=O)[O-])c(I)cc1C(F)F. The summed E-state index contributed by atoms with van der Waals surface area (Å²) in [5.41, 5.74) is -1.20. The van der Waals surface area contributed by atoms with Crippen LogP contribution in [0.25, 0.3) is 0 Å². The fourth-order valence-electron chi connectivity index (χ4n) is 0.877. The molecule has 5 nitrogen and oxygen atoms in total. The van der Waals surface area contributed by atoms with Crippen molar-refractivity contribution in [2.45, 2.75) is 6.43 Å². The van der Waals surface area contributed by atoms with Crippen molar-refractivity contribution >= 4 is 28.4 Å². The third-order valence-corrected chi connectivity index (χ3v) is 2.29. The third-order valence-electron chi connectivity index (χ3n) is 1.50. The van der Waals surface area contributed by atoms with Crippen molar-refractivity contribution in [3.8, 4) is 6.07 Å². The number of rotatable bonds is 2. The Bertz CT molecular complexity index is 458. The smallest absolute Gasteiger partial charge is 0.358 e. The second-order valence-electron chi connectivity index (χ2n) is 2.40. The summed E-state index contributed by atoms with van der Waals surface area (Å²) in [6.45, 7) is 0. The number of hydrogen-bond donors (Lipinski definition) is 0. The summed E-state index contributed by atoms with van der Waals surface area (Å²) in [6, 6.07) is 2.30. The lowest BCUT2D eigenvalue weighted by Crippen LogP contribution is -2.02. The van der Waals surface area contributed by atoms with E-state index < -0.39 is 28.4 Å². The Morgan fingerprint density at radius 1 is 1.67 bits per heavy atom. The maximum Gasteiger partial charge on any atom is 0.378 e. The minimum Gasteiger partial charge on any atom is -0.358 e. The maximum absolute atomic E-state index is 12.4. The zero-order valence-corrected chi connectivity index (χ0v) is 9.10. The second kappa shape index (κ2) is 4.43. The molecule has 0 radical (unpaired) electrons. The van der Waals surface area contributed by atoms with Crippen LogP contribution in [0.3, 0.4) is 0 Å². The van der Waals surface area contributed by atoms with Crippen LogP contribution >= 0.6 is 22.6 Å². The van der Waals surface area contributed by atoms with Crippen LogP contribution in [-0.2, 0) is 0 Å². The molecule has 0 N–H and O–H groups in total. The maximum atomic E-state index is 12.4. The van der Waals surface area contributed by atoms with Gasteiger partial charge in [0.2, 0.25) is 0 Å². The molecular formula is C7H2F2IN3O2. The normalized spacial score (nSPS) is 10.1. The molecule has 0 fully saturated rings. The molecule has 1 rings (SSSR count). The van der Waals surface area contributed by atoms with Crippen LogP contribution < -0.4 is 0 Å². The Morgan fingerprint density at radius 2 is 2.27 bits per heavy atom. The van der Waals surface area contributed by atoms with Crippen molar-refractivity contribution in [3.05, 3.63) is 31.0 Å². The van der Waals surface area contributed by atoms with Crippen LogP contribution in [0.1, 0.15) is 17.7 Å². The molecule has 0 bridgehead atoms. The van der Waals surface area contributed by atoms with E-state index in [1.807, 2.05) is 0 Å². The fraction of sp³-hybridized carbons (Fsp3) is 0.143. The number of hydrogen-bond acceptors (Lipinski definition) is 4. The van der Waals surface area contributed by atoms with Gasteiger partial charge >= 0.3 is 5.82 Å². The first kappa shape index (κ1) is 11.7. The van der Waals surface area contributed by atoms with Gasteiger partial charge in [-0.2, -0.15) is 5.26 Å². The first-order chi connectivity index (χ1) is 6.97. The second-order valence-corrected chi connectivity index (χ2v) is 3.56. The Labute approximate surface area is 96.0 Å². The van der Waals surface area contributed by atoms with Crippen molar-refractivity contribution in [3.63, 3.8) is 0 Å². The molecule has 0 aliphatic carbocycles. The standard InChI is InChI=1S/C7H2F2IN3O2/c8-6(9)3-1-4(10)7(13(14)15)12-5(3)2-11/h1,6H. The summed E-state index contributed by atoms with van der Waals surface area (Å²) >= 11 is 1.52. The third kappa shape index (κ3) is 2.35. The van der Waals surface area contributed by atoms with Gasteiger partial charge < -0.3 is 10.1 Å². The van der Waals surface area contributed by atoms with E-state index in [1.54, 1.807) is 0 Å². The highest BCUT2D eigenvalue weighted by Gasteiger charge is 2.24. The van der Waals surface area contributed by atoms with E-state index in [4.69, 9.17) is 5.26 Å². The molecule has 0 aliphatic heterocycles. The zero-order valence-electron chi connectivity index (χ0n) is 6.95. The molecule has 0 saturated heterocycles. The highest BCUT2D eigenvalue weighted by molar-refractivity contribution is 14.1. The van der Waals surface area contributed by atoms with Gasteiger partial charge in [-0.3, -0.25) is 0 Å². The number of nitriles is 1. The molecule has 0 amide bonds. The summed E-state index contributed by atoms with van der Waals surface area (Å²) < 4.78 is 24.7. The molecule has 78 valence electrons. The molecular weight excluding hydrogens is 323 g/mol. The molecule has 8 heteroatoms. The highest BCUT2D eigenvalue weighted by atomic mass is 127. The first-order valence-corrected chi connectivity index (χ1v) is 4.58. The molecule has 1 heterocycles. The van der Waals surface area contributed by atoms with Crippen LogP contribution in [0, 0.1) is 25.0 Å². The molecule has 0 unspecified atom stereocenters. The number of nitrogens with zero attached hydrogens (tertiary/aromatic N) is 3. The Kier molecular flexibility index (Phi) is 3.46. The van der Waals surface area contributed by atoms with E-state index in [-0.39, 0.29) is 3.57 Å². The van der Waals surface area contributed by atoms with Gasteiger partial charge in [-0.05, 0) is 38.6 Å². The number of pyridine rings is 1. The van der Waals surface area contributed by atoms with Crippen molar-refractivity contribution in [1.29, 1.82) is 5.26 Å². The quantitative estimate of drug-likeness (QED) is 0.475. The van der Waals surface area contributed by atoms with E-state index in [0.717, 1.165) is 6.07 Å². The molecule has 1 aromatic rings. The Balaban J connectivity index is 3.44. The Hall–Kier alpha value is -1.37. The molecule has 0 spiro atoms. The molecule has 0 atom stereocenters. The fourth-order valence-corrected chi connectivity index (χ4v) is 1.53. The van der Waals surface area contributed by atoms with E-state index >= 15 is 0 Å². The minimum absolute atomic E-state index is 0.0214. The summed E-state index contributed by atoms with van der Waals surface area (Å²) in [5, 5.41) is 18.9. The number of aromatic nitrogens is 1. The van der Waals surface area contributed by atoms with E-state index in [1.165, 1.54) is 28.7 Å². The number of alkyl halides is 2. The predicted molar refractivity (Wildman–Crippen MR) is 53.3 cm³/mol. The van der Waals surface area contributed by atoms with Gasteiger partial charge in [-0.25, -0.2) is 8.78 Å². The van der Waals surface area contributed by atoms with Gasteiger partial charge in [0.05, 0.1) is 5.56 Å². The topological polar surface area (TPSA) is 79.8 Å². The van der Waals surface area contributed by atoms with E-state index in [0.29, 0.717) is 0 Å². The molecule has 1 aromatic heterocycles. The summed E-state index contributed by atoms with van der Waals surface area (Å²) in [6.07, 6.45) is -2.87. The zero-order chi connectivity index (χ0) is 11.6. The predicted octanol–water partition coefficient (Wildman–Crippen LogP) is 2.40. The highest BCUT2D eigenvalue weighted by Crippen LogP contribution is 2.27. The largest absolute Gasteiger partial charge is 0.378 e. The molecule has 0 aromatic carbocycles. The lowest BCUT2D eigenvalue weighted by Gasteiger charge is -2.00. The summed E-state index contributed by atoms with van der Waals surface area (Å²) in [4.78, 5) is 12.9. The Morgan fingerprint density at radius 3 is 2.67 bits per heavy atom. The average molecular weight is 325 g/mol. The first-order valence-electron chi connectivity index (χ1n) is 3.50. The van der Waals surface area contributed by atoms with Crippen molar-refractivity contribution in [1.82, 2.24) is 4.98 Å². The van der Waals surface area contributed by atoms with Gasteiger partial charge in [0.15, 0.2) is 0 Å². The van der Waals surface area contributed by atoms with Crippen LogP contribution in [-0.4, -0.2) is 9.91 Å². The lowest BCUT2D eigenvalue weighted by atomic mass is 10.2. The van der Waals surface area contributed by atoms with Gasteiger partial charge in [0.1, 0.15) is 9.64 Å². The molecule has 0 saturated carbocycles. The van der Waals surface area contributed by atoms with Crippen LogP contribution in [0.2, 0.25) is 0 Å². The van der Waals surface area contributed by atoms with Gasteiger partial charge in [-0.1, -0.05) is 0 Å². The van der Waals surface area contributed by atoms with Crippen LogP contribution in [0.4, 0.5) is 14.6 Å². The van der Waals surface area contributed by atoms with E-state index in [9.17, 15) is 18.9 Å². The number of nitro groups is 1. The van der Waals surface area contributed by atoms with Gasteiger partial charge in [0, 0.05) is 0 Å². The van der Waals surface area contributed by atoms with E-state index in [2.05, 4.69) is 4.98 Å². The lowest BCUT2D eigenvalue weighted by molar-refractivity contribution is -0.390. The van der Waals surface area contributed by atoms with Crippen molar-refractivity contribution in [2.75, 3.05) is 0 Å². The monoisotopic (exact) mass is 325 g/mol. The molecule has 15 heavy (non-hydrogen) atoms. The van der Waals surface area contributed by atoms with Crippen molar-refractivity contribution < 1.29 is 13.7 Å². The average Bonchev–Trinajstić information content (AvgIpc) is 2.16. The molecule has 0 aliphatic rings. The summed E-state index contributed by atoms with van der Waals surface area (Å²) in [7, 11) is 0. The number of halogens is 3. The minimum atomic E-state index is -2.87. The van der Waals surface area contributed by atoms with Crippen LogP contribution in [0.5, 0.6) is 0 Å². The van der Waals surface area contributed by atoms with Crippen LogP contribution in [0.15, 0.2) is 6.07 Å². The van der Waals surface area contributed by atoms with Crippen molar-refractivity contribution in [2.24, 2.45) is 0 Å². The summed E-state index contributed by atoms with van der Waals surface area (Å²) in [5.74, 6) is -0.587. The van der Waals surface area contributed by atoms with Gasteiger partial charge in [-0.15, -0.1) is 0 Å². The van der Waals surface area contributed by atoms with Gasteiger partial charge in [0.25, 0.3) is 12.1 Å².